The van der Waals surface area contributed by atoms with Crippen LogP contribution in [-0.2, 0) is 11.2 Å². The predicted molar refractivity (Wildman–Crippen MR) is 224 cm³/mol. The maximum absolute atomic E-state index is 10.4. The van der Waals surface area contributed by atoms with Crippen molar-refractivity contribution in [3.63, 3.8) is 0 Å². The highest BCUT2D eigenvalue weighted by molar-refractivity contribution is 5.45. The lowest BCUT2D eigenvalue weighted by Gasteiger charge is -2.35. The summed E-state index contributed by atoms with van der Waals surface area (Å²) in [5.41, 5.74) is 7.21. The molecule has 6 heteroatoms. The molecule has 0 spiro atoms. The Hall–Kier alpha value is -4.62. The average molecular weight is 741 g/mol. The number of phenolic OH excluding ortho intramolecular Hbond substituents is 1. The first kappa shape index (κ1) is 40.1. The first-order chi connectivity index (χ1) is 26.7. The Balaban J connectivity index is 0.000000194. The van der Waals surface area contributed by atoms with Gasteiger partial charge in [0.25, 0.3) is 0 Å². The number of aryl methyl sites for hydroxylation is 1. The Morgan fingerprint density at radius 1 is 0.745 bits per heavy atom. The van der Waals surface area contributed by atoms with Gasteiger partial charge in [-0.1, -0.05) is 115 Å². The number of benzene rings is 5. The molecule has 2 aliphatic heterocycles. The van der Waals surface area contributed by atoms with Crippen LogP contribution in [0.3, 0.4) is 0 Å². The maximum atomic E-state index is 10.4. The highest BCUT2D eigenvalue weighted by Crippen LogP contribution is 2.36. The monoisotopic (exact) mass is 740 g/mol. The molecule has 0 radical (unpaired) electrons. The van der Waals surface area contributed by atoms with E-state index in [9.17, 15) is 5.11 Å². The van der Waals surface area contributed by atoms with Crippen molar-refractivity contribution in [2.45, 2.75) is 90.5 Å². The lowest BCUT2D eigenvalue weighted by Crippen LogP contribution is -2.41. The molecule has 0 saturated carbocycles. The van der Waals surface area contributed by atoms with Gasteiger partial charge >= 0.3 is 0 Å². The Morgan fingerprint density at radius 2 is 1.36 bits per heavy atom. The zero-order valence-electron chi connectivity index (χ0n) is 33.4. The van der Waals surface area contributed by atoms with Crippen molar-refractivity contribution in [2.24, 2.45) is 0 Å². The summed E-state index contributed by atoms with van der Waals surface area (Å²) in [5.74, 6) is 2.33. The van der Waals surface area contributed by atoms with Gasteiger partial charge in [0, 0.05) is 36.7 Å². The molecule has 1 saturated heterocycles. The van der Waals surface area contributed by atoms with Crippen LogP contribution in [0.25, 0.3) is 0 Å². The molecule has 0 amide bonds. The van der Waals surface area contributed by atoms with Gasteiger partial charge in [-0.15, -0.1) is 0 Å². The van der Waals surface area contributed by atoms with E-state index in [0.29, 0.717) is 24.6 Å². The molecule has 2 heterocycles. The molecule has 1 N–H and O–H groups in total. The third-order valence-electron chi connectivity index (χ3n) is 10.9. The smallest absolute Gasteiger partial charge is 0.231 e. The number of hydrogen-bond acceptors (Lipinski definition) is 6. The third kappa shape index (κ3) is 11.2. The van der Waals surface area contributed by atoms with E-state index in [1.165, 1.54) is 34.2 Å². The summed E-state index contributed by atoms with van der Waals surface area (Å²) >= 11 is 0. The quantitative estimate of drug-likeness (QED) is 0.122. The van der Waals surface area contributed by atoms with E-state index in [1.807, 2.05) is 24.3 Å². The van der Waals surface area contributed by atoms with Crippen LogP contribution >= 0.6 is 0 Å². The van der Waals surface area contributed by atoms with Crippen molar-refractivity contribution in [1.82, 2.24) is 9.80 Å². The van der Waals surface area contributed by atoms with Gasteiger partial charge < -0.3 is 24.2 Å². The number of phenols is 1. The van der Waals surface area contributed by atoms with Gasteiger partial charge in [-0.3, -0.25) is 4.90 Å². The van der Waals surface area contributed by atoms with Gasteiger partial charge in [-0.05, 0) is 114 Å². The second-order valence-corrected chi connectivity index (χ2v) is 15.6. The minimum Gasteiger partial charge on any atom is -0.508 e. The molecular weight excluding hydrogens is 681 g/mol. The molecule has 2 aliphatic rings. The van der Waals surface area contributed by atoms with Crippen LogP contribution in [-0.4, -0.2) is 66.1 Å². The van der Waals surface area contributed by atoms with Crippen LogP contribution in [0.5, 0.6) is 17.2 Å². The van der Waals surface area contributed by atoms with E-state index in [1.54, 1.807) is 0 Å². The van der Waals surface area contributed by atoms with Crippen LogP contribution in [0.15, 0.2) is 127 Å². The molecule has 5 aromatic rings. The summed E-state index contributed by atoms with van der Waals surface area (Å²) in [5, 5.41) is 10.4. The van der Waals surface area contributed by atoms with E-state index in [2.05, 4.69) is 148 Å². The van der Waals surface area contributed by atoms with Gasteiger partial charge in [-0.25, -0.2) is 0 Å². The van der Waals surface area contributed by atoms with Crippen molar-refractivity contribution >= 4 is 0 Å². The number of fused-ring (bicyclic) bond motifs is 1. The van der Waals surface area contributed by atoms with Crippen molar-refractivity contribution in [3.8, 4) is 17.2 Å². The van der Waals surface area contributed by atoms with Gasteiger partial charge in [0.1, 0.15) is 11.9 Å². The van der Waals surface area contributed by atoms with Crippen LogP contribution in [0.2, 0.25) is 0 Å². The highest BCUT2D eigenvalue weighted by atomic mass is 16.7. The van der Waals surface area contributed by atoms with E-state index in [4.69, 9.17) is 14.2 Å². The minimum atomic E-state index is -0.0267. The molecule has 6 nitrogen and oxygen atoms in total. The second-order valence-electron chi connectivity index (χ2n) is 15.6. The molecule has 5 aromatic carbocycles. The second kappa shape index (κ2) is 19.8. The maximum Gasteiger partial charge on any atom is 0.231 e. The van der Waals surface area contributed by atoms with Gasteiger partial charge in [0.2, 0.25) is 6.79 Å². The number of aromatic hydroxyl groups is 1. The van der Waals surface area contributed by atoms with Crippen molar-refractivity contribution < 1.29 is 19.3 Å². The molecule has 290 valence electrons. The van der Waals surface area contributed by atoms with E-state index >= 15 is 0 Å². The summed E-state index contributed by atoms with van der Waals surface area (Å²) < 4.78 is 17.7. The zero-order chi connectivity index (χ0) is 38.6. The van der Waals surface area contributed by atoms with Crippen molar-refractivity contribution in [1.29, 1.82) is 0 Å². The number of rotatable bonds is 14. The lowest BCUT2D eigenvalue weighted by molar-refractivity contribution is -0.0330. The van der Waals surface area contributed by atoms with Crippen molar-refractivity contribution in [3.05, 3.63) is 161 Å². The van der Waals surface area contributed by atoms with Crippen molar-refractivity contribution in [2.75, 3.05) is 33.0 Å². The molecule has 7 rings (SSSR count). The first-order valence-electron chi connectivity index (χ1n) is 20.2. The normalized spacial score (nSPS) is 16.1. The van der Waals surface area contributed by atoms with Crippen LogP contribution in [0, 0.1) is 6.92 Å². The third-order valence-corrected chi connectivity index (χ3v) is 10.9. The molecule has 0 unspecified atom stereocenters. The van der Waals surface area contributed by atoms with Gasteiger partial charge in [0.05, 0.1) is 6.10 Å². The summed E-state index contributed by atoms with van der Waals surface area (Å²) in [6.45, 7) is 15.6. The SMILES string of the molecule is Cc1ccc(O)c([C@@H](CCN(C(C)C)C(C)C)c2ccccc2)c1.c1ccc(C(O[C@@H]2CCCN(CCc3ccc4c(c3)OCO4)C2)c2ccccc2)cc1. The van der Waals surface area contributed by atoms with Gasteiger partial charge in [0.15, 0.2) is 11.5 Å². The largest absolute Gasteiger partial charge is 0.508 e. The van der Waals surface area contributed by atoms with Crippen LogP contribution < -0.4 is 9.47 Å². The molecule has 2 atom stereocenters. The molecular formula is C49H60N2O4. The number of ether oxygens (including phenoxy) is 3. The van der Waals surface area contributed by atoms with E-state index < -0.39 is 0 Å². The number of likely N-dealkylation sites (tertiary alicyclic amines) is 1. The van der Waals surface area contributed by atoms with Gasteiger partial charge in [-0.2, -0.15) is 0 Å². The summed E-state index contributed by atoms with van der Waals surface area (Å²) in [4.78, 5) is 5.05. The van der Waals surface area contributed by atoms with Crippen LogP contribution in [0.1, 0.15) is 92.4 Å². The zero-order valence-corrected chi connectivity index (χ0v) is 33.4. The summed E-state index contributed by atoms with van der Waals surface area (Å²) in [6, 6.07) is 44.9. The number of piperidine rings is 1. The number of hydrogen-bond donors (Lipinski definition) is 1. The fourth-order valence-electron chi connectivity index (χ4n) is 8.04. The first-order valence-corrected chi connectivity index (χ1v) is 20.2. The Morgan fingerprint density at radius 3 is 2.00 bits per heavy atom. The van der Waals surface area contributed by atoms with E-state index in [0.717, 1.165) is 62.5 Å². The fourth-order valence-corrected chi connectivity index (χ4v) is 8.04. The van der Waals surface area contributed by atoms with Crippen LogP contribution in [0.4, 0.5) is 0 Å². The standard InChI is InChI=1S/C27H29NO3.C22H31NO/c1-3-8-22(9-4-1)27(23-10-5-2-6-11-23)31-24-12-7-16-28(19-24)17-15-21-13-14-25-26(18-21)30-20-29-25;1-16(2)23(17(3)4)14-13-20(19-9-7-6-8-10-19)21-15-18(5)11-12-22(21)24/h1-6,8-11,13-14,18,24,27H,7,12,15-17,19-20H2;6-12,15-17,20,24H,13-14H2,1-5H3/t24-;20-/m10/s1. The minimum absolute atomic E-state index is 0.0267. The summed E-state index contributed by atoms with van der Waals surface area (Å²) in [7, 11) is 0. The molecule has 0 aliphatic carbocycles. The summed E-state index contributed by atoms with van der Waals surface area (Å²) in [6.07, 6.45) is 4.48. The Bertz CT molecular complexity index is 1830. The molecule has 1 fully saturated rings. The molecule has 0 bridgehead atoms. The average Bonchev–Trinajstić information content (AvgIpc) is 3.68. The Kier molecular flexibility index (Phi) is 14.4. The Labute approximate surface area is 329 Å². The molecule has 0 aromatic heterocycles. The topological polar surface area (TPSA) is 54.4 Å². The number of nitrogens with zero attached hydrogens (tertiary/aromatic N) is 2. The lowest BCUT2D eigenvalue weighted by atomic mass is 9.87. The predicted octanol–water partition coefficient (Wildman–Crippen LogP) is 10.6. The molecule has 55 heavy (non-hydrogen) atoms. The fraction of sp³-hybridized carbons (Fsp3) is 0.388. The van der Waals surface area contributed by atoms with E-state index in [-0.39, 0.29) is 18.1 Å². The highest BCUT2D eigenvalue weighted by Gasteiger charge is 2.26.